The molecule has 3 rings (SSSR count). The Kier molecular flexibility index (Phi) is 4.81. The Labute approximate surface area is 140 Å². The van der Waals surface area contributed by atoms with E-state index >= 15 is 0 Å². The van der Waals surface area contributed by atoms with E-state index in [9.17, 15) is 0 Å². The molecule has 0 heterocycles. The molecule has 0 N–H and O–H groups in total. The Balaban J connectivity index is 2.16. The lowest BCUT2D eigenvalue weighted by Gasteiger charge is -2.16. The molecule has 0 nitrogen and oxygen atoms in total. The van der Waals surface area contributed by atoms with Crippen LogP contribution in [-0.2, 0) is 0 Å². The van der Waals surface area contributed by atoms with Gasteiger partial charge in [-0.1, -0.05) is 87.9 Å². The Morgan fingerprint density at radius 1 is 0.696 bits per heavy atom. The summed E-state index contributed by atoms with van der Waals surface area (Å²) in [7, 11) is 0. The molecule has 0 radical (unpaired) electrons. The lowest BCUT2D eigenvalue weighted by atomic mass is 9.88. The number of allylic oxidation sites excluding steroid dienone is 4. The van der Waals surface area contributed by atoms with Crippen LogP contribution in [0, 0.1) is 5.92 Å². The first-order valence-electron chi connectivity index (χ1n) is 8.85. The maximum Gasteiger partial charge on any atom is 0.00785 e. The highest BCUT2D eigenvalue weighted by molar-refractivity contribution is 5.94. The third-order valence-electron chi connectivity index (χ3n) is 4.90. The summed E-state index contributed by atoms with van der Waals surface area (Å²) < 4.78 is 0. The standard InChI is InChI=1S/C23H26/c1-4-12-21-20(5-2)22(18-13-8-6-9-14-18)17(3)23(21)19-15-10-7-11-16-19/h6-11,13-17H,4-5,12H2,1-3H3. The van der Waals surface area contributed by atoms with Gasteiger partial charge < -0.3 is 0 Å². The summed E-state index contributed by atoms with van der Waals surface area (Å²) in [4.78, 5) is 0. The molecule has 2 aromatic carbocycles. The second kappa shape index (κ2) is 7.00. The van der Waals surface area contributed by atoms with Crippen molar-refractivity contribution in [2.45, 2.75) is 40.0 Å². The molecule has 0 fully saturated rings. The number of benzene rings is 2. The van der Waals surface area contributed by atoms with Crippen molar-refractivity contribution in [2.24, 2.45) is 5.92 Å². The molecule has 1 unspecified atom stereocenters. The fraction of sp³-hybridized carbons (Fsp3) is 0.304. The van der Waals surface area contributed by atoms with Gasteiger partial charge in [-0.3, -0.25) is 0 Å². The molecule has 0 amide bonds. The predicted molar refractivity (Wildman–Crippen MR) is 101 cm³/mol. The summed E-state index contributed by atoms with van der Waals surface area (Å²) >= 11 is 0. The highest BCUT2D eigenvalue weighted by Gasteiger charge is 2.30. The maximum absolute atomic E-state index is 2.38. The maximum atomic E-state index is 2.38. The fourth-order valence-electron chi connectivity index (χ4n) is 4.02. The zero-order valence-electron chi connectivity index (χ0n) is 14.5. The van der Waals surface area contributed by atoms with Gasteiger partial charge in [0.1, 0.15) is 0 Å². The van der Waals surface area contributed by atoms with Gasteiger partial charge in [-0.2, -0.15) is 0 Å². The Morgan fingerprint density at radius 2 is 1.17 bits per heavy atom. The Hall–Kier alpha value is -2.08. The quantitative estimate of drug-likeness (QED) is 0.572. The highest BCUT2D eigenvalue weighted by Crippen LogP contribution is 2.49. The summed E-state index contributed by atoms with van der Waals surface area (Å²) in [5, 5.41) is 0. The van der Waals surface area contributed by atoms with Crippen molar-refractivity contribution in [1.29, 1.82) is 0 Å². The zero-order valence-corrected chi connectivity index (χ0v) is 14.5. The normalized spacial score (nSPS) is 18.0. The summed E-state index contributed by atoms with van der Waals surface area (Å²) in [5.41, 5.74) is 9.02. The molecular weight excluding hydrogens is 276 g/mol. The molecule has 0 aromatic heterocycles. The number of hydrogen-bond acceptors (Lipinski definition) is 0. The van der Waals surface area contributed by atoms with E-state index in [2.05, 4.69) is 81.4 Å². The lowest BCUT2D eigenvalue weighted by Crippen LogP contribution is -1.99. The summed E-state index contributed by atoms with van der Waals surface area (Å²) in [6.45, 7) is 6.96. The Morgan fingerprint density at radius 3 is 1.61 bits per heavy atom. The molecule has 1 aliphatic rings. The third-order valence-corrected chi connectivity index (χ3v) is 4.90. The number of hydrogen-bond donors (Lipinski definition) is 0. The monoisotopic (exact) mass is 302 g/mol. The van der Waals surface area contributed by atoms with Crippen molar-refractivity contribution >= 4 is 11.1 Å². The van der Waals surface area contributed by atoms with Crippen LogP contribution >= 0.6 is 0 Å². The van der Waals surface area contributed by atoms with Crippen LogP contribution < -0.4 is 0 Å². The smallest absolute Gasteiger partial charge is 0.00785 e. The minimum Gasteiger partial charge on any atom is -0.0651 e. The first-order valence-corrected chi connectivity index (χ1v) is 8.85. The number of rotatable bonds is 5. The second-order valence-corrected chi connectivity index (χ2v) is 6.34. The first-order chi connectivity index (χ1) is 11.3. The van der Waals surface area contributed by atoms with E-state index in [0.717, 1.165) is 6.42 Å². The average Bonchev–Trinajstić information content (AvgIpc) is 2.88. The van der Waals surface area contributed by atoms with Gasteiger partial charge in [0.15, 0.2) is 0 Å². The van der Waals surface area contributed by atoms with E-state index in [1.54, 1.807) is 16.7 Å². The van der Waals surface area contributed by atoms with Crippen LogP contribution in [0.3, 0.4) is 0 Å². The molecule has 0 saturated heterocycles. The van der Waals surface area contributed by atoms with E-state index in [0.29, 0.717) is 5.92 Å². The molecular formula is C23H26. The molecule has 0 heteroatoms. The average molecular weight is 302 g/mol. The van der Waals surface area contributed by atoms with E-state index < -0.39 is 0 Å². The van der Waals surface area contributed by atoms with Gasteiger partial charge in [0.05, 0.1) is 0 Å². The van der Waals surface area contributed by atoms with Gasteiger partial charge in [0, 0.05) is 5.92 Å². The highest BCUT2D eigenvalue weighted by atomic mass is 14.3. The van der Waals surface area contributed by atoms with Crippen LogP contribution in [0.25, 0.3) is 11.1 Å². The van der Waals surface area contributed by atoms with Crippen molar-refractivity contribution in [3.63, 3.8) is 0 Å². The molecule has 0 bridgehead atoms. The molecule has 1 aliphatic carbocycles. The van der Waals surface area contributed by atoms with Crippen molar-refractivity contribution in [3.8, 4) is 0 Å². The molecule has 0 spiro atoms. The predicted octanol–water partition coefficient (Wildman–Crippen LogP) is 6.75. The largest absolute Gasteiger partial charge is 0.0651 e. The van der Waals surface area contributed by atoms with Crippen molar-refractivity contribution in [3.05, 3.63) is 82.9 Å². The lowest BCUT2D eigenvalue weighted by molar-refractivity contribution is 0.900. The van der Waals surface area contributed by atoms with Crippen molar-refractivity contribution < 1.29 is 0 Å². The van der Waals surface area contributed by atoms with Gasteiger partial charge in [0.25, 0.3) is 0 Å². The van der Waals surface area contributed by atoms with Gasteiger partial charge in [-0.25, -0.2) is 0 Å². The van der Waals surface area contributed by atoms with Crippen molar-refractivity contribution in [2.75, 3.05) is 0 Å². The van der Waals surface area contributed by atoms with Gasteiger partial charge in [-0.05, 0) is 46.3 Å². The topological polar surface area (TPSA) is 0 Å². The molecule has 0 aliphatic heterocycles. The van der Waals surface area contributed by atoms with Gasteiger partial charge in [-0.15, -0.1) is 0 Å². The van der Waals surface area contributed by atoms with Gasteiger partial charge in [0.2, 0.25) is 0 Å². The van der Waals surface area contributed by atoms with Crippen LogP contribution in [0.15, 0.2) is 71.8 Å². The zero-order chi connectivity index (χ0) is 16.2. The van der Waals surface area contributed by atoms with Crippen molar-refractivity contribution in [1.82, 2.24) is 0 Å². The molecule has 118 valence electrons. The molecule has 23 heavy (non-hydrogen) atoms. The van der Waals surface area contributed by atoms with E-state index in [4.69, 9.17) is 0 Å². The van der Waals surface area contributed by atoms with Crippen LogP contribution in [-0.4, -0.2) is 0 Å². The second-order valence-electron chi connectivity index (χ2n) is 6.34. The minimum absolute atomic E-state index is 0.469. The third kappa shape index (κ3) is 2.91. The molecule has 2 aromatic rings. The minimum atomic E-state index is 0.469. The summed E-state index contributed by atoms with van der Waals surface area (Å²) in [5.74, 6) is 0.469. The van der Waals surface area contributed by atoms with E-state index in [-0.39, 0.29) is 0 Å². The van der Waals surface area contributed by atoms with E-state index in [1.165, 1.54) is 29.5 Å². The molecule has 0 saturated carbocycles. The Bertz CT molecular complexity index is 717. The fourth-order valence-corrected chi connectivity index (χ4v) is 4.02. The van der Waals surface area contributed by atoms with Gasteiger partial charge >= 0.3 is 0 Å². The molecule has 1 atom stereocenters. The SMILES string of the molecule is CCCC1=C(c2ccccc2)C(C)C(c2ccccc2)=C1CC. The van der Waals surface area contributed by atoms with Crippen LogP contribution in [0.1, 0.15) is 51.2 Å². The van der Waals surface area contributed by atoms with Crippen LogP contribution in [0.5, 0.6) is 0 Å². The van der Waals surface area contributed by atoms with Crippen LogP contribution in [0.4, 0.5) is 0 Å². The first kappa shape index (κ1) is 15.8. The van der Waals surface area contributed by atoms with E-state index in [1.807, 2.05) is 0 Å². The summed E-state index contributed by atoms with van der Waals surface area (Å²) in [6, 6.07) is 21.9. The van der Waals surface area contributed by atoms with Crippen LogP contribution in [0.2, 0.25) is 0 Å². The summed E-state index contributed by atoms with van der Waals surface area (Å²) in [6.07, 6.45) is 3.48.